The molecule has 0 atom stereocenters. The van der Waals surface area contributed by atoms with Crippen molar-refractivity contribution < 1.29 is 12.8 Å². The van der Waals surface area contributed by atoms with Crippen molar-refractivity contribution in [2.24, 2.45) is 7.05 Å². The molecule has 3 N–H and O–H groups in total. The molecule has 0 spiro atoms. The van der Waals surface area contributed by atoms with E-state index in [4.69, 9.17) is 0 Å². The van der Waals surface area contributed by atoms with Crippen molar-refractivity contribution in [3.05, 3.63) is 64.6 Å². The summed E-state index contributed by atoms with van der Waals surface area (Å²) in [5.41, 5.74) is 2.28. The Labute approximate surface area is 186 Å². The van der Waals surface area contributed by atoms with Gasteiger partial charge in [-0.25, -0.2) is 22.5 Å². The number of hydrogen-bond donors (Lipinski definition) is 4. The lowest BCUT2D eigenvalue weighted by Gasteiger charge is -2.14. The number of anilines is 4. The molecule has 2 aromatic carbocycles. The van der Waals surface area contributed by atoms with E-state index in [2.05, 4.69) is 46.4 Å². The van der Waals surface area contributed by atoms with E-state index >= 15 is 0 Å². The van der Waals surface area contributed by atoms with Crippen molar-refractivity contribution in [2.75, 3.05) is 10.6 Å². The number of nitrogens with one attached hydrogen (secondary N) is 3. The topological polar surface area (TPSA) is 114 Å². The molecule has 0 aliphatic heterocycles. The Bertz CT molecular complexity index is 1330. The van der Waals surface area contributed by atoms with Crippen LogP contribution < -0.4 is 15.4 Å². The number of fused-ring (bicyclic) bond motifs is 1. The van der Waals surface area contributed by atoms with Crippen LogP contribution in [0.1, 0.15) is 5.56 Å². The third-order valence-electron chi connectivity index (χ3n) is 4.51. The van der Waals surface area contributed by atoms with Gasteiger partial charge < -0.3 is 10.6 Å². The highest BCUT2D eigenvalue weighted by Gasteiger charge is 2.12. The Balaban J connectivity index is 1.61. The predicted molar refractivity (Wildman–Crippen MR) is 121 cm³/mol. The van der Waals surface area contributed by atoms with Gasteiger partial charge in [0.15, 0.2) is 0 Å². The summed E-state index contributed by atoms with van der Waals surface area (Å²) < 4.78 is 40.5. The molecule has 0 radical (unpaired) electrons. The molecule has 0 saturated heterocycles. The zero-order chi connectivity index (χ0) is 22.0. The Morgan fingerprint density at radius 2 is 2.00 bits per heavy atom. The summed E-state index contributed by atoms with van der Waals surface area (Å²) in [6.07, 6.45) is 3.35. The molecule has 2 heterocycles. The molecule has 0 aliphatic carbocycles. The van der Waals surface area contributed by atoms with Crippen LogP contribution in [0.2, 0.25) is 0 Å². The lowest BCUT2D eigenvalue weighted by atomic mass is 10.1. The molecule has 4 aromatic rings. The summed E-state index contributed by atoms with van der Waals surface area (Å²) in [5, 5.41) is 11.4. The van der Waals surface area contributed by atoms with Gasteiger partial charge in [0.2, 0.25) is 16.8 Å². The van der Waals surface area contributed by atoms with Crippen molar-refractivity contribution in [2.45, 2.75) is 6.54 Å². The van der Waals surface area contributed by atoms with E-state index in [-0.39, 0.29) is 12.1 Å². The molecule has 0 unspecified atom stereocenters. The van der Waals surface area contributed by atoms with E-state index in [1.54, 1.807) is 23.1 Å². The second kappa shape index (κ2) is 8.96. The smallest absolute Gasteiger partial charge is 0.229 e. The first-order chi connectivity index (χ1) is 14.9. The average molecular weight is 506 g/mol. The van der Waals surface area contributed by atoms with Gasteiger partial charge in [0.1, 0.15) is 11.6 Å². The van der Waals surface area contributed by atoms with Crippen LogP contribution in [-0.4, -0.2) is 28.2 Å². The highest BCUT2D eigenvalue weighted by atomic mass is 79.9. The molecule has 31 heavy (non-hydrogen) atoms. The van der Waals surface area contributed by atoms with Gasteiger partial charge in [0.25, 0.3) is 0 Å². The molecule has 4 rings (SSSR count). The van der Waals surface area contributed by atoms with Crippen molar-refractivity contribution in [1.29, 1.82) is 0 Å². The van der Waals surface area contributed by atoms with Crippen molar-refractivity contribution in [3.63, 3.8) is 0 Å². The SMILES string of the molecule is Cn1ncc2ccc(Nc3ncc(Br)c(Nc4cccc(F)c4CN[SH](=O)=O)n3)cc21. The van der Waals surface area contributed by atoms with Gasteiger partial charge in [0.05, 0.1) is 16.2 Å². The van der Waals surface area contributed by atoms with Crippen molar-refractivity contribution >= 4 is 60.9 Å². The molecule has 0 amide bonds. The maximum atomic E-state index is 14.3. The maximum Gasteiger partial charge on any atom is 0.229 e. The normalized spacial score (nSPS) is 11.2. The minimum Gasteiger partial charge on any atom is -0.339 e. The lowest BCUT2D eigenvalue weighted by Crippen LogP contribution is -2.13. The van der Waals surface area contributed by atoms with Crippen LogP contribution in [0, 0.1) is 5.82 Å². The van der Waals surface area contributed by atoms with E-state index in [0.29, 0.717) is 21.9 Å². The fourth-order valence-electron chi connectivity index (χ4n) is 2.99. The van der Waals surface area contributed by atoms with E-state index in [0.717, 1.165) is 16.6 Å². The number of halogens is 2. The zero-order valence-electron chi connectivity index (χ0n) is 16.1. The predicted octanol–water partition coefficient (Wildman–Crippen LogP) is 3.37. The van der Waals surface area contributed by atoms with Crippen LogP contribution in [0.25, 0.3) is 10.9 Å². The summed E-state index contributed by atoms with van der Waals surface area (Å²) in [5.74, 6) is 0.172. The standard InChI is InChI=1S/C19H17BrFN7O2S/c1-28-17-7-12(6-5-11(17)8-23-28)25-19-22-10-14(20)18(27-19)26-16-4-2-3-15(21)13(16)9-24-31(29)30/h2-8,10,31H,9H2,1H3,(H,24,29,30)(H2,22,25,26,27). The molecule has 160 valence electrons. The monoisotopic (exact) mass is 505 g/mol. The number of hydrogen-bond acceptors (Lipinski definition) is 7. The molecule has 2 aromatic heterocycles. The van der Waals surface area contributed by atoms with Gasteiger partial charge >= 0.3 is 0 Å². The summed E-state index contributed by atoms with van der Waals surface area (Å²) >= 11 is 3.38. The van der Waals surface area contributed by atoms with E-state index in [9.17, 15) is 12.8 Å². The molecule has 0 saturated carbocycles. The van der Waals surface area contributed by atoms with Crippen LogP contribution in [0.4, 0.5) is 27.5 Å². The molecule has 9 nitrogen and oxygen atoms in total. The fraction of sp³-hybridized carbons (Fsp3) is 0.105. The second-order valence-corrected chi connectivity index (χ2v) is 8.22. The Morgan fingerprint density at radius 3 is 2.81 bits per heavy atom. The number of aryl methyl sites for hydroxylation is 1. The van der Waals surface area contributed by atoms with Crippen LogP contribution in [-0.2, 0) is 24.5 Å². The number of aromatic nitrogens is 4. The Kier molecular flexibility index (Phi) is 6.11. The molecule has 12 heteroatoms. The van der Waals surface area contributed by atoms with Gasteiger partial charge in [-0.15, -0.1) is 0 Å². The summed E-state index contributed by atoms with van der Waals surface area (Å²) in [6, 6.07) is 10.2. The van der Waals surface area contributed by atoms with Gasteiger partial charge in [0, 0.05) is 42.1 Å². The average Bonchev–Trinajstić information content (AvgIpc) is 3.10. The number of rotatable bonds is 7. The minimum absolute atomic E-state index is 0.170. The Hall–Kier alpha value is -3.09. The first kappa shape index (κ1) is 21.2. The summed E-state index contributed by atoms with van der Waals surface area (Å²) in [4.78, 5) is 8.72. The fourth-order valence-corrected chi connectivity index (χ4v) is 3.57. The lowest BCUT2D eigenvalue weighted by molar-refractivity contribution is 0.590. The molecule has 0 fully saturated rings. The van der Waals surface area contributed by atoms with Gasteiger partial charge in [-0.2, -0.15) is 10.1 Å². The van der Waals surface area contributed by atoms with Crippen LogP contribution in [0.3, 0.4) is 0 Å². The van der Waals surface area contributed by atoms with Crippen molar-refractivity contribution in [3.8, 4) is 0 Å². The highest BCUT2D eigenvalue weighted by Crippen LogP contribution is 2.28. The van der Waals surface area contributed by atoms with E-state index in [1.165, 1.54) is 12.1 Å². The first-order valence-corrected chi connectivity index (χ1v) is 11.0. The molecule has 0 aliphatic rings. The zero-order valence-corrected chi connectivity index (χ0v) is 18.6. The summed E-state index contributed by atoms with van der Waals surface area (Å²) in [7, 11) is -0.995. The largest absolute Gasteiger partial charge is 0.339 e. The number of benzene rings is 2. The van der Waals surface area contributed by atoms with Crippen LogP contribution >= 0.6 is 15.9 Å². The first-order valence-electron chi connectivity index (χ1n) is 9.04. The molecule has 0 bridgehead atoms. The minimum atomic E-state index is -2.86. The number of thiol groups is 1. The van der Waals surface area contributed by atoms with Crippen LogP contribution in [0.15, 0.2) is 53.3 Å². The van der Waals surface area contributed by atoms with Gasteiger partial charge in [-0.3, -0.25) is 4.68 Å². The number of nitrogens with zero attached hydrogens (tertiary/aromatic N) is 4. The summed E-state index contributed by atoms with van der Waals surface area (Å²) in [6.45, 7) is -0.188. The highest BCUT2D eigenvalue weighted by molar-refractivity contribution is 9.10. The van der Waals surface area contributed by atoms with E-state index in [1.807, 2.05) is 25.2 Å². The van der Waals surface area contributed by atoms with Gasteiger partial charge in [-0.05, 0) is 46.3 Å². The van der Waals surface area contributed by atoms with Crippen LogP contribution in [0.5, 0.6) is 0 Å². The van der Waals surface area contributed by atoms with E-state index < -0.39 is 16.7 Å². The quantitative estimate of drug-likeness (QED) is 0.284. The van der Waals surface area contributed by atoms with Crippen molar-refractivity contribution in [1.82, 2.24) is 24.5 Å². The molecular weight excluding hydrogens is 489 g/mol. The molecular formula is C19H17BrFN7O2S. The maximum absolute atomic E-state index is 14.3. The third-order valence-corrected chi connectivity index (χ3v) is 5.50. The Morgan fingerprint density at radius 1 is 1.16 bits per heavy atom. The third kappa shape index (κ3) is 4.81. The second-order valence-electron chi connectivity index (χ2n) is 6.54. The van der Waals surface area contributed by atoms with Gasteiger partial charge in [-0.1, -0.05) is 6.07 Å².